The zero-order valence-electron chi connectivity index (χ0n) is 13.3. The number of hydrogen-bond donors (Lipinski definition) is 0. The van der Waals surface area contributed by atoms with E-state index in [0.29, 0.717) is 10.8 Å². The summed E-state index contributed by atoms with van der Waals surface area (Å²) in [6.45, 7) is -0.267. The summed E-state index contributed by atoms with van der Waals surface area (Å²) in [6.07, 6.45) is -1.58. The van der Waals surface area contributed by atoms with Gasteiger partial charge in [-0.2, -0.15) is 13.2 Å². The highest BCUT2D eigenvalue weighted by Crippen LogP contribution is 2.24. The molecule has 25 heavy (non-hydrogen) atoms. The highest BCUT2D eigenvalue weighted by atomic mass is 35.5. The van der Waals surface area contributed by atoms with Gasteiger partial charge in [-0.1, -0.05) is 29.8 Å². The van der Waals surface area contributed by atoms with Gasteiger partial charge in [0.05, 0.1) is 12.8 Å². The molecule has 0 atom stereocenters. The maximum atomic E-state index is 13.0. The number of alkyl halides is 3. The molecule has 0 spiro atoms. The number of benzene rings is 2. The van der Waals surface area contributed by atoms with Gasteiger partial charge in [0.15, 0.2) is 0 Å². The lowest BCUT2D eigenvalue weighted by Crippen LogP contribution is -2.25. The third-order valence-electron chi connectivity index (χ3n) is 3.04. The van der Waals surface area contributed by atoms with Crippen LogP contribution in [0, 0.1) is 0 Å². The fourth-order valence-corrected chi connectivity index (χ4v) is 1.96. The standard InChI is InChI=1S/C18H15ClF3NO2/c1-24-16-10-8-15(9-11-16)23-17(18(20,21)22)25-12-2-3-13-4-6-14(19)7-5-13/h2-11H,12H2,1H3/b3-2+,23-17?. The monoisotopic (exact) mass is 369 g/mol. The first-order valence-corrected chi connectivity index (χ1v) is 7.61. The van der Waals surface area contributed by atoms with Crippen molar-refractivity contribution in [1.82, 2.24) is 0 Å². The van der Waals surface area contributed by atoms with Gasteiger partial charge in [-0.3, -0.25) is 0 Å². The normalized spacial score (nSPS) is 12.4. The van der Waals surface area contributed by atoms with Crippen LogP contribution in [0.25, 0.3) is 6.08 Å². The summed E-state index contributed by atoms with van der Waals surface area (Å²) in [5, 5.41) is 0.583. The SMILES string of the molecule is COc1ccc(N=C(OC/C=C/c2ccc(Cl)cc2)C(F)(F)F)cc1. The van der Waals surface area contributed by atoms with E-state index < -0.39 is 12.1 Å². The van der Waals surface area contributed by atoms with E-state index in [2.05, 4.69) is 4.99 Å². The second-order valence-electron chi connectivity index (χ2n) is 4.88. The fraction of sp³-hybridized carbons (Fsp3) is 0.167. The molecule has 0 saturated carbocycles. The summed E-state index contributed by atoms with van der Waals surface area (Å²) in [6, 6.07) is 12.7. The maximum absolute atomic E-state index is 13.0. The average molecular weight is 370 g/mol. The summed E-state index contributed by atoms with van der Waals surface area (Å²) in [5.74, 6) is -0.780. The Bertz CT molecular complexity index is 738. The molecule has 0 aliphatic carbocycles. The number of hydrogen-bond acceptors (Lipinski definition) is 3. The van der Waals surface area contributed by atoms with Gasteiger partial charge in [-0.15, -0.1) is 0 Å². The second kappa shape index (κ2) is 8.58. The number of ether oxygens (including phenoxy) is 2. The van der Waals surface area contributed by atoms with Crippen LogP contribution >= 0.6 is 11.6 Å². The molecule has 0 aliphatic rings. The predicted octanol–water partition coefficient (Wildman–Crippen LogP) is 5.67. The minimum Gasteiger partial charge on any atom is -0.497 e. The molecule has 0 unspecified atom stereocenters. The van der Waals surface area contributed by atoms with E-state index in [0.717, 1.165) is 5.56 Å². The molecule has 0 saturated heterocycles. The van der Waals surface area contributed by atoms with Crippen LogP contribution in [0.4, 0.5) is 18.9 Å². The Morgan fingerprint density at radius 1 is 1.08 bits per heavy atom. The largest absolute Gasteiger partial charge is 0.497 e. The van der Waals surface area contributed by atoms with Gasteiger partial charge in [0, 0.05) is 5.02 Å². The Kier molecular flexibility index (Phi) is 6.47. The summed E-state index contributed by atoms with van der Waals surface area (Å²) < 4.78 is 48.8. The van der Waals surface area contributed by atoms with Crippen LogP contribution in [-0.2, 0) is 4.74 Å². The van der Waals surface area contributed by atoms with Crippen LogP contribution in [0.2, 0.25) is 5.02 Å². The van der Waals surface area contributed by atoms with E-state index in [1.165, 1.54) is 37.5 Å². The van der Waals surface area contributed by atoms with E-state index in [1.54, 1.807) is 30.3 Å². The maximum Gasteiger partial charge on any atom is 0.468 e. The molecule has 3 nitrogen and oxygen atoms in total. The quantitative estimate of drug-likeness (QED) is 0.502. The van der Waals surface area contributed by atoms with E-state index in [-0.39, 0.29) is 12.3 Å². The average Bonchev–Trinajstić information content (AvgIpc) is 2.59. The smallest absolute Gasteiger partial charge is 0.468 e. The second-order valence-corrected chi connectivity index (χ2v) is 5.31. The van der Waals surface area contributed by atoms with Gasteiger partial charge in [-0.25, -0.2) is 4.99 Å². The lowest BCUT2D eigenvalue weighted by molar-refractivity contribution is -0.0769. The Labute approximate surface area is 148 Å². The van der Waals surface area contributed by atoms with Gasteiger partial charge in [-0.05, 0) is 48.0 Å². The highest BCUT2D eigenvalue weighted by molar-refractivity contribution is 6.30. The Hall–Kier alpha value is -2.47. The van der Waals surface area contributed by atoms with Gasteiger partial charge in [0.1, 0.15) is 12.4 Å². The van der Waals surface area contributed by atoms with Gasteiger partial charge in [0.25, 0.3) is 5.90 Å². The van der Waals surface area contributed by atoms with Crippen LogP contribution in [0.5, 0.6) is 5.75 Å². The summed E-state index contributed by atoms with van der Waals surface area (Å²) in [7, 11) is 1.47. The van der Waals surface area contributed by atoms with Gasteiger partial charge in [0.2, 0.25) is 0 Å². The molecule has 2 aromatic carbocycles. The zero-order valence-corrected chi connectivity index (χ0v) is 14.0. The number of methoxy groups -OCH3 is 1. The number of aliphatic imine (C=N–C) groups is 1. The molecule has 0 amide bonds. The van der Waals surface area contributed by atoms with Crippen molar-refractivity contribution in [3.8, 4) is 5.75 Å². The number of nitrogens with zero attached hydrogens (tertiary/aromatic N) is 1. The molecule has 0 bridgehead atoms. The topological polar surface area (TPSA) is 30.8 Å². The molecular weight excluding hydrogens is 355 g/mol. The fourth-order valence-electron chi connectivity index (χ4n) is 1.84. The molecule has 0 N–H and O–H groups in total. The highest BCUT2D eigenvalue weighted by Gasteiger charge is 2.38. The molecule has 0 fully saturated rings. The summed E-state index contributed by atoms with van der Waals surface area (Å²) >= 11 is 5.76. The van der Waals surface area contributed by atoms with Crippen LogP contribution < -0.4 is 4.74 Å². The minimum absolute atomic E-state index is 0.120. The van der Waals surface area contributed by atoms with Crippen LogP contribution in [0.3, 0.4) is 0 Å². The molecule has 0 radical (unpaired) electrons. The molecule has 7 heteroatoms. The van der Waals surface area contributed by atoms with Crippen LogP contribution in [0.15, 0.2) is 59.6 Å². The molecule has 0 heterocycles. The van der Waals surface area contributed by atoms with E-state index in [9.17, 15) is 13.2 Å². The Morgan fingerprint density at radius 2 is 1.72 bits per heavy atom. The lowest BCUT2D eigenvalue weighted by atomic mass is 10.2. The predicted molar refractivity (Wildman–Crippen MR) is 92.6 cm³/mol. The van der Waals surface area contributed by atoms with E-state index >= 15 is 0 Å². The molecule has 2 aromatic rings. The van der Waals surface area contributed by atoms with Crippen molar-refractivity contribution in [2.45, 2.75) is 6.18 Å². The van der Waals surface area contributed by atoms with Crippen molar-refractivity contribution in [2.24, 2.45) is 4.99 Å². The minimum atomic E-state index is -4.69. The zero-order chi connectivity index (χ0) is 18.3. The van der Waals surface area contributed by atoms with Crippen molar-refractivity contribution in [3.63, 3.8) is 0 Å². The third-order valence-corrected chi connectivity index (χ3v) is 3.29. The molecule has 2 rings (SSSR count). The summed E-state index contributed by atoms with van der Waals surface area (Å²) in [4.78, 5) is 3.52. The lowest BCUT2D eigenvalue weighted by Gasteiger charge is -2.11. The summed E-state index contributed by atoms with van der Waals surface area (Å²) in [5.41, 5.74) is 0.920. The first kappa shape index (κ1) is 18.9. The molecular formula is C18H15ClF3NO2. The first-order chi connectivity index (χ1) is 11.9. The van der Waals surface area contributed by atoms with E-state index in [4.69, 9.17) is 21.1 Å². The Balaban J connectivity index is 2.04. The molecule has 132 valence electrons. The number of rotatable bonds is 5. The molecule has 0 aromatic heterocycles. The van der Waals surface area contributed by atoms with Crippen LogP contribution in [-0.4, -0.2) is 25.8 Å². The van der Waals surface area contributed by atoms with E-state index in [1.807, 2.05) is 0 Å². The van der Waals surface area contributed by atoms with Crippen LogP contribution in [0.1, 0.15) is 5.56 Å². The van der Waals surface area contributed by atoms with Gasteiger partial charge < -0.3 is 9.47 Å². The van der Waals surface area contributed by atoms with Crippen molar-refractivity contribution in [2.75, 3.05) is 13.7 Å². The van der Waals surface area contributed by atoms with Gasteiger partial charge >= 0.3 is 6.18 Å². The number of halogens is 4. The Morgan fingerprint density at radius 3 is 2.28 bits per heavy atom. The van der Waals surface area contributed by atoms with Crippen molar-refractivity contribution < 1.29 is 22.6 Å². The van der Waals surface area contributed by atoms with Crippen molar-refractivity contribution in [3.05, 3.63) is 65.2 Å². The van der Waals surface area contributed by atoms with Crippen molar-refractivity contribution >= 4 is 29.3 Å². The first-order valence-electron chi connectivity index (χ1n) is 7.23. The third kappa shape index (κ3) is 6.15. The van der Waals surface area contributed by atoms with Crippen molar-refractivity contribution in [1.29, 1.82) is 0 Å². The molecule has 0 aliphatic heterocycles.